The lowest BCUT2D eigenvalue weighted by molar-refractivity contribution is -0.121. The van der Waals surface area contributed by atoms with E-state index in [1.807, 2.05) is 6.92 Å². The highest BCUT2D eigenvalue weighted by Gasteiger charge is 1.98. The highest BCUT2D eigenvalue weighted by molar-refractivity contribution is 5.75. The van der Waals surface area contributed by atoms with Crippen LogP contribution in [-0.4, -0.2) is 12.5 Å². The van der Waals surface area contributed by atoms with E-state index in [1.54, 1.807) is 0 Å². The number of carbonyl (C=O) groups is 1. The quantitative estimate of drug-likeness (QED) is 0.366. The van der Waals surface area contributed by atoms with Crippen LogP contribution in [0.1, 0.15) is 97.3 Å². The van der Waals surface area contributed by atoms with Gasteiger partial charge in [-0.05, 0) is 38.0 Å². The van der Waals surface area contributed by atoms with Crippen molar-refractivity contribution in [3.63, 3.8) is 0 Å². The number of rotatable bonds is 13. The predicted octanol–water partition coefficient (Wildman–Crippen LogP) is 5.22. The van der Waals surface area contributed by atoms with Crippen LogP contribution in [0.25, 0.3) is 0 Å². The van der Waals surface area contributed by atoms with Gasteiger partial charge >= 0.3 is 0 Å². The van der Waals surface area contributed by atoms with Gasteiger partial charge in [0.05, 0.1) is 0 Å². The number of carbonyl (C=O) groups excluding carboxylic acids is 1. The van der Waals surface area contributed by atoms with Crippen molar-refractivity contribution in [2.45, 2.75) is 97.3 Å². The van der Waals surface area contributed by atoms with Gasteiger partial charge in [0.2, 0.25) is 5.91 Å². The molecule has 0 saturated carbocycles. The second kappa shape index (κ2) is 18.6. The lowest BCUT2D eigenvalue weighted by atomic mass is 10.1. The number of hydrogen-bond donors (Lipinski definition) is 1. The fourth-order valence-corrected chi connectivity index (χ4v) is 2.35. The van der Waals surface area contributed by atoms with Crippen LogP contribution in [-0.2, 0) is 4.79 Å². The Morgan fingerprint density at radius 3 is 1.83 bits per heavy atom. The Morgan fingerprint density at radius 2 is 1.26 bits per heavy atom. The summed E-state index contributed by atoms with van der Waals surface area (Å²) in [6.45, 7) is 4.93. The zero-order valence-electron chi connectivity index (χ0n) is 15.3. The van der Waals surface area contributed by atoms with Gasteiger partial charge in [-0.2, -0.15) is 0 Å². The molecular weight excluding hydrogens is 282 g/mol. The zero-order chi connectivity index (χ0) is 17.0. The van der Waals surface area contributed by atoms with Gasteiger partial charge in [-0.1, -0.05) is 63.7 Å². The van der Waals surface area contributed by atoms with Crippen LogP contribution in [0.5, 0.6) is 0 Å². The van der Waals surface area contributed by atoms with Gasteiger partial charge in [-0.15, -0.1) is 0 Å². The molecule has 1 amide bonds. The molecule has 0 unspecified atom stereocenters. The van der Waals surface area contributed by atoms with Crippen LogP contribution in [0.15, 0.2) is 0 Å². The Balaban J connectivity index is 3.31. The minimum atomic E-state index is 0.183. The Kier molecular flexibility index (Phi) is 17.5. The highest BCUT2D eigenvalue weighted by Crippen LogP contribution is 2.06. The normalized spacial score (nSPS) is 9.48. The highest BCUT2D eigenvalue weighted by atomic mass is 16.1. The topological polar surface area (TPSA) is 29.1 Å². The Bertz CT molecular complexity index is 392. The maximum atomic E-state index is 11.2. The van der Waals surface area contributed by atoms with Gasteiger partial charge in [-0.3, -0.25) is 4.79 Å². The molecule has 2 heteroatoms. The molecule has 0 aromatic heterocycles. The van der Waals surface area contributed by atoms with Gasteiger partial charge in [0.1, 0.15) is 0 Å². The minimum Gasteiger partial charge on any atom is -0.356 e. The Labute approximate surface area is 144 Å². The van der Waals surface area contributed by atoms with E-state index in [9.17, 15) is 4.79 Å². The van der Waals surface area contributed by atoms with E-state index in [2.05, 4.69) is 35.9 Å². The van der Waals surface area contributed by atoms with Crippen molar-refractivity contribution < 1.29 is 4.79 Å². The molecule has 0 aliphatic heterocycles. The van der Waals surface area contributed by atoms with Gasteiger partial charge in [-0.25, -0.2) is 0 Å². The molecule has 0 atom stereocenters. The van der Waals surface area contributed by atoms with E-state index in [0.717, 1.165) is 38.6 Å². The third-order valence-corrected chi connectivity index (χ3v) is 3.72. The lowest BCUT2D eigenvalue weighted by Crippen LogP contribution is -2.21. The first-order chi connectivity index (χ1) is 11.3. The van der Waals surface area contributed by atoms with Gasteiger partial charge in [0.15, 0.2) is 0 Å². The van der Waals surface area contributed by atoms with Crippen LogP contribution in [0.3, 0.4) is 0 Å². The number of amides is 1. The van der Waals surface area contributed by atoms with Crippen molar-refractivity contribution in [2.24, 2.45) is 0 Å². The number of nitrogens with one attached hydrogen (secondary N) is 1. The standard InChI is InChI=1S/C21H35NO/c1-3-5-6-7-8-9-10-11-12-13-14-15-16-17-18-19-20-21(23)22-4-2/h3-9,14-20H2,1-2H3,(H,22,23). The first kappa shape index (κ1) is 21.6. The third kappa shape index (κ3) is 18.5. The third-order valence-electron chi connectivity index (χ3n) is 3.72. The molecule has 0 spiro atoms. The zero-order valence-corrected chi connectivity index (χ0v) is 15.3. The summed E-state index contributed by atoms with van der Waals surface area (Å²) in [5.74, 6) is 12.4. The number of unbranched alkanes of at least 4 members (excludes halogenated alkanes) is 10. The van der Waals surface area contributed by atoms with Crippen molar-refractivity contribution in [2.75, 3.05) is 6.54 Å². The van der Waals surface area contributed by atoms with Crippen LogP contribution < -0.4 is 5.32 Å². The molecule has 0 rings (SSSR count). The summed E-state index contributed by atoms with van der Waals surface area (Å²) < 4.78 is 0. The summed E-state index contributed by atoms with van der Waals surface area (Å²) in [4.78, 5) is 11.2. The molecular formula is C21H35NO. The van der Waals surface area contributed by atoms with Crippen LogP contribution >= 0.6 is 0 Å². The fourth-order valence-electron chi connectivity index (χ4n) is 2.35. The molecule has 1 N–H and O–H groups in total. The Hall–Kier alpha value is -1.41. The Morgan fingerprint density at radius 1 is 0.739 bits per heavy atom. The van der Waals surface area contributed by atoms with E-state index in [4.69, 9.17) is 0 Å². The first-order valence-corrected chi connectivity index (χ1v) is 9.53. The van der Waals surface area contributed by atoms with Gasteiger partial charge in [0, 0.05) is 25.8 Å². The molecule has 0 aliphatic carbocycles. The SMILES string of the molecule is CCCCCCCC#CC#CCCCCCCCC(=O)NCC. The summed E-state index contributed by atoms with van der Waals surface area (Å²) in [7, 11) is 0. The van der Waals surface area contributed by atoms with Crippen LogP contribution in [0, 0.1) is 23.7 Å². The van der Waals surface area contributed by atoms with Crippen LogP contribution in [0.2, 0.25) is 0 Å². The molecule has 0 aromatic carbocycles. The van der Waals surface area contributed by atoms with Crippen molar-refractivity contribution in [1.29, 1.82) is 0 Å². The molecule has 0 aromatic rings. The van der Waals surface area contributed by atoms with Crippen molar-refractivity contribution in [1.82, 2.24) is 5.32 Å². The maximum absolute atomic E-state index is 11.2. The molecule has 0 fully saturated rings. The minimum absolute atomic E-state index is 0.183. The van der Waals surface area contributed by atoms with E-state index < -0.39 is 0 Å². The maximum Gasteiger partial charge on any atom is 0.219 e. The summed E-state index contributed by atoms with van der Waals surface area (Å²) in [6.07, 6.45) is 14.8. The molecule has 0 radical (unpaired) electrons. The van der Waals surface area contributed by atoms with Gasteiger partial charge in [0.25, 0.3) is 0 Å². The van der Waals surface area contributed by atoms with Gasteiger partial charge < -0.3 is 5.32 Å². The van der Waals surface area contributed by atoms with E-state index in [0.29, 0.717) is 6.42 Å². The van der Waals surface area contributed by atoms with Crippen molar-refractivity contribution in [3.05, 3.63) is 0 Å². The molecule has 130 valence electrons. The molecule has 0 saturated heterocycles. The second-order valence-corrected chi connectivity index (χ2v) is 5.99. The summed E-state index contributed by atoms with van der Waals surface area (Å²) in [5, 5.41) is 2.83. The number of hydrogen-bond acceptors (Lipinski definition) is 1. The second-order valence-electron chi connectivity index (χ2n) is 5.99. The summed E-state index contributed by atoms with van der Waals surface area (Å²) in [6, 6.07) is 0. The molecule has 0 aliphatic rings. The fraction of sp³-hybridized carbons (Fsp3) is 0.762. The van der Waals surface area contributed by atoms with E-state index in [1.165, 1.54) is 44.9 Å². The average Bonchev–Trinajstić information content (AvgIpc) is 2.54. The summed E-state index contributed by atoms with van der Waals surface area (Å²) in [5.41, 5.74) is 0. The van der Waals surface area contributed by atoms with Crippen molar-refractivity contribution >= 4 is 5.91 Å². The molecule has 23 heavy (non-hydrogen) atoms. The molecule has 0 bridgehead atoms. The monoisotopic (exact) mass is 317 g/mol. The van der Waals surface area contributed by atoms with Crippen LogP contribution in [0.4, 0.5) is 0 Å². The lowest BCUT2D eigenvalue weighted by Gasteiger charge is -2.01. The molecule has 0 heterocycles. The van der Waals surface area contributed by atoms with Crippen molar-refractivity contribution in [3.8, 4) is 23.7 Å². The first-order valence-electron chi connectivity index (χ1n) is 9.53. The van der Waals surface area contributed by atoms with E-state index in [-0.39, 0.29) is 5.91 Å². The summed E-state index contributed by atoms with van der Waals surface area (Å²) >= 11 is 0. The average molecular weight is 318 g/mol. The van der Waals surface area contributed by atoms with E-state index >= 15 is 0 Å². The largest absolute Gasteiger partial charge is 0.356 e. The predicted molar refractivity (Wildman–Crippen MR) is 99.9 cm³/mol. The smallest absolute Gasteiger partial charge is 0.219 e. The molecule has 2 nitrogen and oxygen atoms in total.